The number of aryl methyl sites for hydroxylation is 1. The molecule has 88 valence electrons. The predicted octanol–water partition coefficient (Wildman–Crippen LogP) is 0.581. The lowest BCUT2D eigenvalue weighted by Crippen LogP contribution is -2.24. The van der Waals surface area contributed by atoms with Gasteiger partial charge in [0.25, 0.3) is 0 Å². The predicted molar refractivity (Wildman–Crippen MR) is 56.5 cm³/mol. The maximum atomic E-state index is 9.81. The van der Waals surface area contributed by atoms with Crippen LogP contribution in [0.3, 0.4) is 0 Å². The van der Waals surface area contributed by atoms with Crippen molar-refractivity contribution in [2.45, 2.75) is 32.4 Å². The van der Waals surface area contributed by atoms with Crippen molar-refractivity contribution in [1.82, 2.24) is 15.0 Å². The van der Waals surface area contributed by atoms with Crippen LogP contribution in [-0.2, 0) is 6.54 Å². The van der Waals surface area contributed by atoms with E-state index in [2.05, 4.69) is 15.0 Å². The van der Waals surface area contributed by atoms with Crippen molar-refractivity contribution in [1.29, 1.82) is 0 Å². The molecule has 16 heavy (non-hydrogen) atoms. The van der Waals surface area contributed by atoms with Crippen molar-refractivity contribution in [2.24, 2.45) is 11.8 Å². The molecule has 1 aliphatic carbocycles. The van der Waals surface area contributed by atoms with Crippen molar-refractivity contribution >= 4 is 0 Å². The van der Waals surface area contributed by atoms with Gasteiger partial charge in [-0.2, -0.15) is 4.98 Å². The number of nitrogens with zero attached hydrogens (tertiary/aromatic N) is 3. The van der Waals surface area contributed by atoms with Crippen molar-refractivity contribution in [2.75, 3.05) is 13.1 Å². The summed E-state index contributed by atoms with van der Waals surface area (Å²) in [4.78, 5) is 6.53. The normalized spacial score (nSPS) is 34.5. The number of hydrogen-bond donors (Lipinski definition) is 1. The molecular weight excluding hydrogens is 206 g/mol. The Morgan fingerprint density at radius 1 is 1.44 bits per heavy atom. The van der Waals surface area contributed by atoms with E-state index in [-0.39, 0.29) is 6.10 Å². The fourth-order valence-corrected chi connectivity index (χ4v) is 3.06. The first-order valence-electron chi connectivity index (χ1n) is 5.92. The summed E-state index contributed by atoms with van der Waals surface area (Å²) < 4.78 is 4.95. The fraction of sp³-hybridized carbons (Fsp3) is 0.818. The van der Waals surface area contributed by atoms with Crippen LogP contribution in [0.2, 0.25) is 0 Å². The van der Waals surface area contributed by atoms with Gasteiger partial charge in [-0.15, -0.1) is 0 Å². The molecule has 2 aliphatic rings. The van der Waals surface area contributed by atoms with Crippen LogP contribution in [-0.4, -0.2) is 39.3 Å². The topological polar surface area (TPSA) is 62.4 Å². The average molecular weight is 223 g/mol. The van der Waals surface area contributed by atoms with Gasteiger partial charge in [0.2, 0.25) is 5.89 Å². The molecule has 5 nitrogen and oxygen atoms in total. The number of likely N-dealkylation sites (tertiary alicyclic amines) is 1. The maximum Gasteiger partial charge on any atom is 0.223 e. The summed E-state index contributed by atoms with van der Waals surface area (Å²) >= 11 is 0. The third-order valence-corrected chi connectivity index (χ3v) is 3.83. The molecule has 0 amide bonds. The van der Waals surface area contributed by atoms with E-state index in [0.29, 0.717) is 17.7 Å². The molecule has 0 bridgehead atoms. The average Bonchev–Trinajstić information content (AvgIpc) is 2.88. The number of hydrogen-bond acceptors (Lipinski definition) is 5. The van der Waals surface area contributed by atoms with Crippen LogP contribution < -0.4 is 0 Å². The number of fused-ring (bicyclic) bond motifs is 1. The summed E-state index contributed by atoms with van der Waals surface area (Å²) in [6.45, 7) is 4.59. The minimum Gasteiger partial charge on any atom is -0.393 e. The zero-order valence-electron chi connectivity index (χ0n) is 9.46. The molecule has 1 saturated carbocycles. The van der Waals surface area contributed by atoms with Crippen LogP contribution in [0.25, 0.3) is 0 Å². The molecule has 3 unspecified atom stereocenters. The van der Waals surface area contributed by atoms with Crippen LogP contribution in [0.1, 0.15) is 24.6 Å². The molecule has 0 aromatic carbocycles. The molecular formula is C11H17N3O2. The van der Waals surface area contributed by atoms with Crippen molar-refractivity contribution in [3.05, 3.63) is 11.7 Å². The Kier molecular flexibility index (Phi) is 2.44. The van der Waals surface area contributed by atoms with Crippen molar-refractivity contribution in [3.63, 3.8) is 0 Å². The van der Waals surface area contributed by atoms with E-state index in [1.807, 2.05) is 0 Å². The molecule has 0 spiro atoms. The molecule has 1 N–H and O–H groups in total. The van der Waals surface area contributed by atoms with Gasteiger partial charge in [-0.25, -0.2) is 0 Å². The van der Waals surface area contributed by atoms with Crippen molar-refractivity contribution in [3.8, 4) is 0 Å². The van der Waals surface area contributed by atoms with Crippen LogP contribution >= 0.6 is 0 Å². The smallest absolute Gasteiger partial charge is 0.223 e. The first-order valence-corrected chi connectivity index (χ1v) is 5.92. The molecule has 5 heteroatoms. The molecule has 0 radical (unpaired) electrons. The number of aliphatic hydroxyl groups excluding tert-OH is 1. The summed E-state index contributed by atoms with van der Waals surface area (Å²) in [6, 6.07) is 0. The Balaban J connectivity index is 1.62. The Labute approximate surface area is 94.4 Å². The Bertz CT molecular complexity index is 379. The van der Waals surface area contributed by atoms with E-state index in [1.165, 1.54) is 0 Å². The van der Waals surface area contributed by atoms with E-state index in [0.717, 1.165) is 38.3 Å². The van der Waals surface area contributed by atoms with E-state index >= 15 is 0 Å². The van der Waals surface area contributed by atoms with Gasteiger partial charge in [0, 0.05) is 25.9 Å². The third kappa shape index (κ3) is 1.74. The van der Waals surface area contributed by atoms with Crippen LogP contribution in [0, 0.1) is 18.8 Å². The second-order valence-electron chi connectivity index (χ2n) is 4.99. The van der Waals surface area contributed by atoms with E-state index < -0.39 is 0 Å². The van der Waals surface area contributed by atoms with Gasteiger partial charge >= 0.3 is 0 Å². The zero-order valence-corrected chi connectivity index (χ0v) is 9.46. The zero-order chi connectivity index (χ0) is 11.1. The van der Waals surface area contributed by atoms with Crippen molar-refractivity contribution < 1.29 is 9.63 Å². The molecule has 3 rings (SSSR count). The van der Waals surface area contributed by atoms with E-state index in [1.54, 1.807) is 6.92 Å². The monoisotopic (exact) mass is 223 g/mol. The number of rotatable bonds is 2. The summed E-state index contributed by atoms with van der Waals surface area (Å²) in [6.07, 6.45) is 2.04. The largest absolute Gasteiger partial charge is 0.393 e. The van der Waals surface area contributed by atoms with Gasteiger partial charge in [0.1, 0.15) is 0 Å². The van der Waals surface area contributed by atoms with Gasteiger partial charge in [0.15, 0.2) is 5.82 Å². The maximum absolute atomic E-state index is 9.81. The molecule has 1 aliphatic heterocycles. The minimum absolute atomic E-state index is 0.0954. The van der Waals surface area contributed by atoms with Gasteiger partial charge < -0.3 is 9.63 Å². The number of aromatic nitrogens is 2. The van der Waals surface area contributed by atoms with Gasteiger partial charge in [0.05, 0.1) is 12.6 Å². The molecule has 1 aromatic rings. The summed E-state index contributed by atoms with van der Waals surface area (Å²) in [5.41, 5.74) is 0. The highest BCUT2D eigenvalue weighted by Gasteiger charge is 2.41. The Morgan fingerprint density at radius 3 is 3.00 bits per heavy atom. The summed E-state index contributed by atoms with van der Waals surface area (Å²) in [5, 5.41) is 13.7. The highest BCUT2D eigenvalue weighted by Crippen LogP contribution is 2.38. The minimum atomic E-state index is -0.0954. The lowest BCUT2D eigenvalue weighted by atomic mass is 10.00. The molecule has 2 fully saturated rings. The quantitative estimate of drug-likeness (QED) is 0.794. The molecule has 2 heterocycles. The molecule has 3 atom stereocenters. The number of aliphatic hydroxyl groups is 1. The fourth-order valence-electron chi connectivity index (χ4n) is 3.06. The lowest BCUT2D eigenvalue weighted by molar-refractivity contribution is 0.123. The third-order valence-electron chi connectivity index (χ3n) is 3.83. The highest BCUT2D eigenvalue weighted by atomic mass is 16.5. The standard InChI is InChI=1S/C11H17N3O2/c1-7-12-11(13-16-7)6-14-4-8-2-3-10(15)9(8)5-14/h8-10,15H,2-6H2,1H3. The second kappa shape index (κ2) is 3.82. The highest BCUT2D eigenvalue weighted by molar-refractivity contribution is 4.95. The van der Waals surface area contributed by atoms with E-state index in [4.69, 9.17) is 4.52 Å². The first kappa shape index (κ1) is 10.2. The van der Waals surface area contributed by atoms with Gasteiger partial charge in [-0.3, -0.25) is 4.90 Å². The first-order chi connectivity index (χ1) is 7.72. The summed E-state index contributed by atoms with van der Waals surface area (Å²) in [5.74, 6) is 2.51. The Morgan fingerprint density at radius 2 is 2.31 bits per heavy atom. The molecule has 1 aromatic heterocycles. The lowest BCUT2D eigenvalue weighted by Gasteiger charge is -2.15. The van der Waals surface area contributed by atoms with E-state index in [9.17, 15) is 5.11 Å². The van der Waals surface area contributed by atoms with Crippen LogP contribution in [0.4, 0.5) is 0 Å². The SMILES string of the molecule is Cc1nc(CN2CC3CCC(O)C3C2)no1. The summed E-state index contributed by atoms with van der Waals surface area (Å²) in [7, 11) is 0. The van der Waals surface area contributed by atoms with Crippen LogP contribution in [0.5, 0.6) is 0 Å². The molecule has 1 saturated heterocycles. The van der Waals surface area contributed by atoms with Gasteiger partial charge in [-0.05, 0) is 18.8 Å². The van der Waals surface area contributed by atoms with Crippen LogP contribution in [0.15, 0.2) is 4.52 Å². The Hall–Kier alpha value is -0.940. The second-order valence-corrected chi connectivity index (χ2v) is 4.99. The van der Waals surface area contributed by atoms with Gasteiger partial charge in [-0.1, -0.05) is 5.16 Å².